The first-order valence-electron chi connectivity index (χ1n) is 5.03. The molecule has 3 nitrogen and oxygen atoms in total. The predicted molar refractivity (Wildman–Crippen MR) is 57.6 cm³/mol. The van der Waals surface area contributed by atoms with Gasteiger partial charge in [-0.3, -0.25) is 4.79 Å². The normalized spacial score (nSPS) is 13.4. The van der Waals surface area contributed by atoms with Crippen LogP contribution in [-0.4, -0.2) is 18.9 Å². The molecular formula is C12H12N2O. The summed E-state index contributed by atoms with van der Waals surface area (Å²) in [5, 5.41) is 8.42. The van der Waals surface area contributed by atoms with Gasteiger partial charge in [0, 0.05) is 12.2 Å². The molecule has 0 N–H and O–H groups in total. The molecule has 15 heavy (non-hydrogen) atoms. The molecule has 0 fully saturated rings. The Bertz CT molecular complexity index is 420. The van der Waals surface area contributed by atoms with Crippen LogP contribution in [-0.2, 0) is 11.2 Å². The van der Waals surface area contributed by atoms with Crippen LogP contribution in [0.15, 0.2) is 24.3 Å². The summed E-state index contributed by atoms with van der Waals surface area (Å²) in [7, 11) is 0. The van der Waals surface area contributed by atoms with E-state index in [-0.39, 0.29) is 12.2 Å². The average molecular weight is 200 g/mol. The van der Waals surface area contributed by atoms with E-state index in [1.807, 2.05) is 24.3 Å². The standard InChI is InChI=1S/C12H12N2O/c13-7-5-11(15)9-14-8-6-10-3-1-2-4-12(10)14/h1-4H,5-6,8-9H2. The molecule has 1 aromatic rings. The molecule has 0 radical (unpaired) electrons. The molecule has 3 heteroatoms. The molecule has 1 aromatic carbocycles. The zero-order valence-corrected chi connectivity index (χ0v) is 8.44. The number of para-hydroxylation sites is 1. The Kier molecular flexibility index (Phi) is 2.68. The van der Waals surface area contributed by atoms with Gasteiger partial charge in [0.15, 0.2) is 5.78 Å². The number of hydrogen-bond acceptors (Lipinski definition) is 3. The number of carbonyl (C=O) groups is 1. The number of hydrogen-bond donors (Lipinski definition) is 0. The first-order valence-corrected chi connectivity index (χ1v) is 5.03. The van der Waals surface area contributed by atoms with E-state index >= 15 is 0 Å². The van der Waals surface area contributed by atoms with E-state index in [1.165, 1.54) is 5.56 Å². The summed E-state index contributed by atoms with van der Waals surface area (Å²) in [4.78, 5) is 13.4. The van der Waals surface area contributed by atoms with Crippen LogP contribution in [0, 0.1) is 11.3 Å². The number of nitriles is 1. The Morgan fingerprint density at radius 2 is 2.27 bits per heavy atom. The third kappa shape index (κ3) is 1.99. The summed E-state index contributed by atoms with van der Waals surface area (Å²) in [6, 6.07) is 10.00. The topological polar surface area (TPSA) is 44.1 Å². The van der Waals surface area contributed by atoms with Gasteiger partial charge in [-0.25, -0.2) is 0 Å². The van der Waals surface area contributed by atoms with Crippen molar-refractivity contribution in [1.29, 1.82) is 5.26 Å². The highest BCUT2D eigenvalue weighted by molar-refractivity contribution is 5.85. The third-order valence-electron chi connectivity index (χ3n) is 2.63. The molecule has 0 atom stereocenters. The Balaban J connectivity index is 2.08. The number of Topliss-reactive ketones (excluding diaryl/α,β-unsaturated/α-hetero) is 1. The SMILES string of the molecule is N#CCC(=O)CN1CCc2ccccc21. The quantitative estimate of drug-likeness (QED) is 0.743. The van der Waals surface area contributed by atoms with Crippen LogP contribution in [0.3, 0.4) is 0 Å². The lowest BCUT2D eigenvalue weighted by molar-refractivity contribution is -0.116. The van der Waals surface area contributed by atoms with Crippen molar-refractivity contribution in [2.24, 2.45) is 0 Å². The van der Waals surface area contributed by atoms with Crippen LogP contribution in [0.2, 0.25) is 0 Å². The van der Waals surface area contributed by atoms with Crippen molar-refractivity contribution in [1.82, 2.24) is 0 Å². The summed E-state index contributed by atoms with van der Waals surface area (Å²) < 4.78 is 0. The smallest absolute Gasteiger partial charge is 0.166 e. The molecule has 0 aliphatic carbocycles. The number of ketones is 1. The number of anilines is 1. The van der Waals surface area contributed by atoms with E-state index in [0.29, 0.717) is 6.54 Å². The van der Waals surface area contributed by atoms with Gasteiger partial charge >= 0.3 is 0 Å². The lowest BCUT2D eigenvalue weighted by Gasteiger charge is -2.17. The molecule has 1 heterocycles. The van der Waals surface area contributed by atoms with E-state index in [9.17, 15) is 4.79 Å². The molecular weight excluding hydrogens is 188 g/mol. The fraction of sp³-hybridized carbons (Fsp3) is 0.333. The van der Waals surface area contributed by atoms with E-state index < -0.39 is 0 Å². The Hall–Kier alpha value is -1.82. The van der Waals surface area contributed by atoms with Gasteiger partial charge in [0.25, 0.3) is 0 Å². The fourth-order valence-corrected chi connectivity index (χ4v) is 1.93. The minimum Gasteiger partial charge on any atom is -0.364 e. The molecule has 2 rings (SSSR count). The van der Waals surface area contributed by atoms with Crippen LogP contribution in [0.4, 0.5) is 5.69 Å². The molecule has 0 spiro atoms. The van der Waals surface area contributed by atoms with Gasteiger partial charge in [-0.15, -0.1) is 0 Å². The maximum absolute atomic E-state index is 11.3. The molecule has 76 valence electrons. The number of rotatable bonds is 3. The van der Waals surface area contributed by atoms with Crippen LogP contribution in [0.25, 0.3) is 0 Å². The molecule has 0 bridgehead atoms. The summed E-state index contributed by atoms with van der Waals surface area (Å²) in [5.41, 5.74) is 2.44. The maximum atomic E-state index is 11.3. The van der Waals surface area contributed by atoms with Crippen molar-refractivity contribution in [3.05, 3.63) is 29.8 Å². The van der Waals surface area contributed by atoms with Gasteiger partial charge in [0.2, 0.25) is 0 Å². The average Bonchev–Trinajstić information content (AvgIpc) is 2.62. The van der Waals surface area contributed by atoms with E-state index in [4.69, 9.17) is 5.26 Å². The summed E-state index contributed by atoms with van der Waals surface area (Å²) in [6.07, 6.45) is 1.01. The fourth-order valence-electron chi connectivity index (χ4n) is 1.93. The largest absolute Gasteiger partial charge is 0.364 e. The van der Waals surface area contributed by atoms with Crippen LogP contribution in [0.1, 0.15) is 12.0 Å². The Morgan fingerprint density at radius 3 is 3.07 bits per heavy atom. The first kappa shape index (κ1) is 9.72. The van der Waals surface area contributed by atoms with Gasteiger partial charge < -0.3 is 4.90 Å². The molecule has 1 aliphatic heterocycles. The van der Waals surface area contributed by atoms with Crippen molar-refractivity contribution >= 4 is 11.5 Å². The van der Waals surface area contributed by atoms with Crippen LogP contribution >= 0.6 is 0 Å². The Labute approximate surface area is 88.9 Å². The number of benzene rings is 1. The van der Waals surface area contributed by atoms with E-state index in [1.54, 1.807) is 0 Å². The van der Waals surface area contributed by atoms with Gasteiger partial charge in [0.1, 0.15) is 0 Å². The zero-order valence-electron chi connectivity index (χ0n) is 8.44. The van der Waals surface area contributed by atoms with Gasteiger partial charge in [-0.2, -0.15) is 5.26 Å². The molecule has 0 unspecified atom stereocenters. The van der Waals surface area contributed by atoms with E-state index in [0.717, 1.165) is 18.7 Å². The lowest BCUT2D eigenvalue weighted by Crippen LogP contribution is -2.27. The highest BCUT2D eigenvalue weighted by Gasteiger charge is 2.19. The monoisotopic (exact) mass is 200 g/mol. The van der Waals surface area contributed by atoms with Gasteiger partial charge in [-0.1, -0.05) is 18.2 Å². The first-order chi connectivity index (χ1) is 7.31. The summed E-state index contributed by atoms with van der Waals surface area (Å²) >= 11 is 0. The third-order valence-corrected chi connectivity index (χ3v) is 2.63. The van der Waals surface area contributed by atoms with Gasteiger partial charge in [0.05, 0.1) is 19.0 Å². The van der Waals surface area contributed by atoms with Crippen LogP contribution in [0.5, 0.6) is 0 Å². The highest BCUT2D eigenvalue weighted by atomic mass is 16.1. The van der Waals surface area contributed by atoms with Crippen molar-refractivity contribution in [3.63, 3.8) is 0 Å². The second kappa shape index (κ2) is 4.14. The van der Waals surface area contributed by atoms with Crippen molar-refractivity contribution in [2.75, 3.05) is 18.0 Å². The highest BCUT2D eigenvalue weighted by Crippen LogP contribution is 2.26. The number of carbonyl (C=O) groups excluding carboxylic acids is 1. The molecule has 0 saturated heterocycles. The number of fused-ring (bicyclic) bond motifs is 1. The van der Waals surface area contributed by atoms with Gasteiger partial charge in [-0.05, 0) is 18.1 Å². The minimum absolute atomic E-state index is 0.00537. The summed E-state index contributed by atoms with van der Waals surface area (Å²) in [5.74, 6) is -0.00537. The predicted octanol–water partition coefficient (Wildman–Crippen LogP) is 1.53. The molecule has 0 aromatic heterocycles. The second-order valence-corrected chi connectivity index (χ2v) is 3.67. The molecule has 0 amide bonds. The molecule has 0 saturated carbocycles. The van der Waals surface area contributed by atoms with Crippen molar-refractivity contribution in [3.8, 4) is 6.07 Å². The molecule has 1 aliphatic rings. The zero-order chi connectivity index (χ0) is 10.7. The second-order valence-electron chi connectivity index (χ2n) is 3.67. The summed E-state index contributed by atoms with van der Waals surface area (Å²) in [6.45, 7) is 1.25. The van der Waals surface area contributed by atoms with Crippen LogP contribution < -0.4 is 4.90 Å². The number of nitrogens with zero attached hydrogens (tertiary/aromatic N) is 2. The maximum Gasteiger partial charge on any atom is 0.166 e. The minimum atomic E-state index is -0.00537. The van der Waals surface area contributed by atoms with Crippen molar-refractivity contribution in [2.45, 2.75) is 12.8 Å². The Morgan fingerprint density at radius 1 is 1.47 bits per heavy atom. The van der Waals surface area contributed by atoms with E-state index in [2.05, 4.69) is 11.0 Å². The lowest BCUT2D eigenvalue weighted by atomic mass is 10.2. The van der Waals surface area contributed by atoms with Crippen molar-refractivity contribution < 1.29 is 4.79 Å².